The quantitative estimate of drug-likeness (QED) is 0.142. The SMILES string of the molecule is CC(C)(C)C.CC(C)(C)C.CC(C)(C)C.CC(C)(C)C.CC(C)(C)C.CC(C)(C)C.CC(C)(C)C.CC(C)(C)C.CC(C)(C)c1ccccc1.CC(C)(C)c1cccnc1.CC(C)(C)c1cccnn1.CC(C)(C)c1ccncc1.CC(C)(C)c1ccncn1.CC(C)(C)c1ccnnc1.CC(C)(C)c1cncnc1.CC(C)(C)c1ncccn1. The van der Waals surface area contributed by atoms with Crippen molar-refractivity contribution in [2.24, 2.45) is 43.3 Å². The molecule has 12 heteroatoms. The van der Waals surface area contributed by atoms with Crippen LogP contribution in [0, 0.1) is 43.3 Å². The molecule has 0 bridgehead atoms. The zero-order valence-corrected chi connectivity index (χ0v) is 89.5. The van der Waals surface area contributed by atoms with Gasteiger partial charge in [0.1, 0.15) is 18.5 Å². The zero-order valence-electron chi connectivity index (χ0n) is 89.5. The molecule has 0 spiro atoms. The highest BCUT2D eigenvalue weighted by Gasteiger charge is 2.19. The molecule has 0 N–H and O–H groups in total. The Morgan fingerprint density at radius 1 is 0.167 bits per heavy atom. The van der Waals surface area contributed by atoms with Gasteiger partial charge < -0.3 is 0 Å². The summed E-state index contributed by atoms with van der Waals surface area (Å²) in [5, 5.41) is 15.3. The first kappa shape index (κ1) is 128. The summed E-state index contributed by atoms with van der Waals surface area (Å²) in [4.78, 5) is 32.2. The Labute approximate surface area is 747 Å². The second-order valence-corrected chi connectivity index (χ2v) is 51.4. The van der Waals surface area contributed by atoms with E-state index in [0.717, 1.165) is 17.2 Å². The molecule has 0 atom stereocenters. The van der Waals surface area contributed by atoms with E-state index >= 15 is 0 Å². The van der Waals surface area contributed by atoms with Gasteiger partial charge in [-0.1, -0.05) is 424 Å². The molecule has 688 valence electrons. The van der Waals surface area contributed by atoms with Crippen molar-refractivity contribution < 1.29 is 0 Å². The largest absolute Gasteiger partial charge is 0.265 e. The molecule has 0 amide bonds. The number of benzene rings is 1. The Bertz CT molecular complexity index is 2800. The van der Waals surface area contributed by atoms with Crippen LogP contribution in [0.25, 0.3) is 0 Å². The minimum absolute atomic E-state index is 0.0707. The Morgan fingerprint density at radius 3 is 0.667 bits per heavy atom. The monoisotopic (exact) mass is 1660 g/mol. The highest BCUT2D eigenvalue weighted by atomic mass is 15.1. The van der Waals surface area contributed by atoms with Crippen LogP contribution in [0.1, 0.15) is 433 Å². The van der Waals surface area contributed by atoms with E-state index in [9.17, 15) is 0 Å². The topological polar surface area (TPSA) is 155 Å². The van der Waals surface area contributed by atoms with Crippen molar-refractivity contribution in [2.45, 2.75) is 431 Å². The van der Waals surface area contributed by atoms with Crippen LogP contribution >= 0.6 is 0 Å². The van der Waals surface area contributed by atoms with E-state index in [4.69, 9.17) is 0 Å². The fourth-order valence-electron chi connectivity index (χ4n) is 6.14. The third-order valence-corrected chi connectivity index (χ3v) is 11.5. The first-order valence-corrected chi connectivity index (χ1v) is 43.6. The van der Waals surface area contributed by atoms with Crippen molar-refractivity contribution in [3.05, 3.63) is 217 Å². The molecule has 0 aliphatic rings. The predicted molar refractivity (Wildman–Crippen MR) is 536 cm³/mol. The highest BCUT2D eigenvalue weighted by molar-refractivity contribution is 5.23. The van der Waals surface area contributed by atoms with Crippen LogP contribution in [0.5, 0.6) is 0 Å². The number of nitrogens with zero attached hydrogens (tertiary/aromatic N) is 12. The normalized spacial score (nSPS) is 11.7. The van der Waals surface area contributed by atoms with Crippen molar-refractivity contribution in [1.29, 1.82) is 0 Å². The molecule has 0 unspecified atom stereocenters. The minimum Gasteiger partial charge on any atom is -0.265 e. The second kappa shape index (κ2) is 58.9. The van der Waals surface area contributed by atoms with Gasteiger partial charge in [-0.05, 0) is 147 Å². The molecule has 8 aromatic rings. The Hall–Kier alpha value is -7.08. The lowest BCUT2D eigenvalue weighted by atomic mass is 9.87. The fourth-order valence-corrected chi connectivity index (χ4v) is 6.14. The van der Waals surface area contributed by atoms with Crippen molar-refractivity contribution in [3.8, 4) is 0 Å². The van der Waals surface area contributed by atoms with E-state index in [1.807, 2.05) is 67.4 Å². The van der Waals surface area contributed by atoms with E-state index in [2.05, 4.69) is 497 Å². The van der Waals surface area contributed by atoms with E-state index in [-0.39, 0.29) is 37.9 Å². The Morgan fingerprint density at radius 2 is 0.467 bits per heavy atom. The molecule has 0 aliphatic carbocycles. The standard InChI is InChI=1S/C10H14.2C9H13N.5C8H12N2.8C5H12/c1-10(2,3)9-7-5-4-6-8-9;1-9(2,3)8-4-6-10-7-5-8;1-9(2,3)8-5-4-6-10-7-8;1-8(2,3)7-4-9-6-10-5-7;1-8(2,3)7-4-5-9-6-10-7;1-8(2,3)7-4-5-9-10-6-7;1-8(2,3)7-9-5-4-6-10-7;1-8(2,3)7-5-4-6-9-10-7;8*1-5(2,3)4/h4-8H,1-3H3;2*4-7H,1-3H3;5*4-6H,1-3H3;8*1-4H3. The van der Waals surface area contributed by atoms with Gasteiger partial charge in [0.2, 0.25) is 0 Å². The van der Waals surface area contributed by atoms with Crippen molar-refractivity contribution in [1.82, 2.24) is 60.3 Å². The number of hydrogen-bond donors (Lipinski definition) is 0. The van der Waals surface area contributed by atoms with E-state index in [1.54, 1.807) is 56.0 Å². The van der Waals surface area contributed by atoms with Crippen LogP contribution in [0.2, 0.25) is 0 Å². The lowest BCUT2D eigenvalue weighted by Gasteiger charge is -2.18. The Balaban J connectivity index is -0.000000188. The van der Waals surface area contributed by atoms with Gasteiger partial charge in [0.25, 0.3) is 0 Å². The molecule has 8 rings (SSSR count). The highest BCUT2D eigenvalue weighted by Crippen LogP contribution is 2.26. The number of pyridine rings is 2. The summed E-state index contributed by atoms with van der Waals surface area (Å²) in [5.74, 6) is 0.898. The third-order valence-electron chi connectivity index (χ3n) is 11.5. The van der Waals surface area contributed by atoms with Gasteiger partial charge in [0.05, 0.1) is 11.9 Å². The summed E-state index contributed by atoms with van der Waals surface area (Å²) in [6.07, 6.45) is 24.8. The molecule has 120 heavy (non-hydrogen) atoms. The Kier molecular flexibility index (Phi) is 63.1. The molecule has 0 aliphatic heterocycles. The molecule has 0 saturated heterocycles. The average molecular weight is 1660 g/mol. The molecule has 0 fully saturated rings. The molecule has 12 nitrogen and oxygen atoms in total. The number of aromatic nitrogens is 12. The summed E-state index contributed by atoms with van der Waals surface area (Å²) >= 11 is 0. The van der Waals surface area contributed by atoms with Gasteiger partial charge in [-0.25, -0.2) is 29.9 Å². The summed E-state index contributed by atoms with van der Waals surface area (Å²) in [6.45, 7) is 122. The first-order valence-electron chi connectivity index (χ1n) is 43.6. The summed E-state index contributed by atoms with van der Waals surface area (Å²) in [7, 11) is 0. The lowest BCUT2D eigenvalue weighted by Crippen LogP contribution is -2.14. The van der Waals surface area contributed by atoms with Crippen molar-refractivity contribution in [2.75, 3.05) is 0 Å². The minimum atomic E-state index is 0.0707. The van der Waals surface area contributed by atoms with E-state index in [1.165, 1.54) is 27.8 Å². The second-order valence-electron chi connectivity index (χ2n) is 51.4. The summed E-state index contributed by atoms with van der Waals surface area (Å²) in [5.41, 5.74) is 14.0. The van der Waals surface area contributed by atoms with Gasteiger partial charge in [-0.15, -0.1) is 0 Å². The maximum absolute atomic E-state index is 4.14. The van der Waals surface area contributed by atoms with Crippen LogP contribution in [0.15, 0.2) is 172 Å². The molecular weight excluding hydrogens is 1470 g/mol. The van der Waals surface area contributed by atoms with Gasteiger partial charge >= 0.3 is 0 Å². The van der Waals surface area contributed by atoms with Gasteiger partial charge in [0.15, 0.2) is 0 Å². The van der Waals surface area contributed by atoms with Crippen LogP contribution in [-0.2, 0) is 43.3 Å². The lowest BCUT2D eigenvalue weighted by molar-refractivity contribution is 0.469. The van der Waals surface area contributed by atoms with E-state index in [0.29, 0.717) is 48.7 Å². The molecule has 7 heterocycles. The van der Waals surface area contributed by atoms with Gasteiger partial charge in [0, 0.05) is 90.1 Å². The number of rotatable bonds is 0. The van der Waals surface area contributed by atoms with Crippen LogP contribution in [0.4, 0.5) is 0 Å². The summed E-state index contributed by atoms with van der Waals surface area (Å²) < 4.78 is 0. The third kappa shape index (κ3) is 122. The van der Waals surface area contributed by atoms with Crippen LogP contribution < -0.4 is 0 Å². The van der Waals surface area contributed by atoms with Gasteiger partial charge in [-0.3, -0.25) is 9.97 Å². The van der Waals surface area contributed by atoms with E-state index < -0.39 is 0 Å². The maximum Gasteiger partial charge on any atom is 0.133 e. The average Bonchev–Trinajstić information content (AvgIpc) is 0.927. The van der Waals surface area contributed by atoms with Crippen molar-refractivity contribution >= 4 is 0 Å². The molecular formula is C108H196N12. The maximum atomic E-state index is 4.14. The molecule has 1 aromatic carbocycles. The molecule has 0 radical (unpaired) electrons. The smallest absolute Gasteiger partial charge is 0.133 e. The first-order chi connectivity index (χ1) is 52.8. The van der Waals surface area contributed by atoms with Gasteiger partial charge in [-0.2, -0.15) is 20.4 Å². The van der Waals surface area contributed by atoms with Crippen LogP contribution in [-0.4, -0.2) is 60.3 Å². The summed E-state index contributed by atoms with van der Waals surface area (Å²) in [6, 6.07) is 28.4. The molecule has 7 aromatic heterocycles. The zero-order chi connectivity index (χ0) is 96.9. The molecule has 0 saturated carbocycles. The fraction of sp³-hybridized carbons (Fsp3) is 0.667. The van der Waals surface area contributed by atoms with Crippen molar-refractivity contribution in [3.63, 3.8) is 0 Å². The predicted octanol–water partition coefficient (Wildman–Crippen LogP) is 33.0. The van der Waals surface area contributed by atoms with Crippen LogP contribution in [0.3, 0.4) is 0 Å². The number of hydrogen-bond acceptors (Lipinski definition) is 12.